The van der Waals surface area contributed by atoms with Crippen molar-refractivity contribution in [3.63, 3.8) is 0 Å². The molecule has 0 saturated carbocycles. The Bertz CT molecular complexity index is 832. The molecule has 0 fully saturated rings. The summed E-state index contributed by atoms with van der Waals surface area (Å²) in [6.45, 7) is 2.30. The molecule has 3 aromatic rings. The summed E-state index contributed by atoms with van der Waals surface area (Å²) in [4.78, 5) is 0. The van der Waals surface area contributed by atoms with Crippen molar-refractivity contribution < 1.29 is 0 Å². The predicted molar refractivity (Wildman–Crippen MR) is 150 cm³/mol. The van der Waals surface area contributed by atoms with Crippen LogP contribution in [0.3, 0.4) is 0 Å². The zero-order valence-electron chi connectivity index (χ0n) is 20.7. The number of hydrogen-bond donors (Lipinski definition) is 0. The van der Waals surface area contributed by atoms with E-state index in [9.17, 15) is 0 Å². The van der Waals surface area contributed by atoms with Crippen LogP contribution in [0, 0.1) is 0 Å². The zero-order valence-corrected chi connectivity index (χ0v) is 21.6. The van der Waals surface area contributed by atoms with Gasteiger partial charge in [0.05, 0.1) is 0 Å². The molecule has 0 nitrogen and oxygen atoms in total. The fourth-order valence-electron chi connectivity index (χ4n) is 4.68. The molecule has 3 aromatic carbocycles. The minimum absolute atomic E-state index is 0.507. The van der Waals surface area contributed by atoms with Gasteiger partial charge in [0.1, 0.15) is 0 Å². The maximum atomic E-state index is 2.38. The van der Waals surface area contributed by atoms with Crippen molar-refractivity contribution in [2.75, 3.05) is 0 Å². The summed E-state index contributed by atoms with van der Waals surface area (Å²) in [6.07, 6.45) is 18.1. The third-order valence-electron chi connectivity index (χ3n) is 6.56. The van der Waals surface area contributed by atoms with E-state index in [2.05, 4.69) is 91.9 Å². The Labute approximate surface area is 204 Å². The average Bonchev–Trinajstić information content (AvgIpc) is 2.87. The second-order valence-electron chi connectivity index (χ2n) is 9.27. The molecule has 0 N–H and O–H groups in total. The van der Waals surface area contributed by atoms with Gasteiger partial charge < -0.3 is 0 Å². The molecule has 0 aliphatic rings. The second kappa shape index (κ2) is 15.8. The SMILES string of the molecule is CCCCCCCCCCCCCCc1ccccc1P(c1ccccc1)c1ccccc1. The van der Waals surface area contributed by atoms with Gasteiger partial charge in [-0.15, -0.1) is 0 Å². The van der Waals surface area contributed by atoms with Crippen LogP contribution in [0.2, 0.25) is 0 Å². The van der Waals surface area contributed by atoms with Crippen molar-refractivity contribution in [1.29, 1.82) is 0 Å². The molecule has 0 aliphatic carbocycles. The number of rotatable bonds is 16. The van der Waals surface area contributed by atoms with Crippen LogP contribution in [-0.2, 0) is 6.42 Å². The lowest BCUT2D eigenvalue weighted by molar-refractivity contribution is 0.544. The maximum absolute atomic E-state index is 2.38. The normalized spacial score (nSPS) is 11.2. The number of benzene rings is 3. The Hall–Kier alpha value is -1.91. The number of unbranched alkanes of at least 4 members (excludes halogenated alkanes) is 11. The Kier molecular flexibility index (Phi) is 12.3. The van der Waals surface area contributed by atoms with Gasteiger partial charge in [0.2, 0.25) is 0 Å². The minimum atomic E-state index is -0.507. The summed E-state index contributed by atoms with van der Waals surface area (Å²) in [5, 5.41) is 4.43. The van der Waals surface area contributed by atoms with Crippen LogP contribution in [0.5, 0.6) is 0 Å². The highest BCUT2D eigenvalue weighted by Gasteiger charge is 2.18. The van der Waals surface area contributed by atoms with Crippen molar-refractivity contribution >= 4 is 23.8 Å². The monoisotopic (exact) mass is 458 g/mol. The highest BCUT2D eigenvalue weighted by molar-refractivity contribution is 7.79. The summed E-state index contributed by atoms with van der Waals surface area (Å²) in [6, 6.07) is 31.4. The van der Waals surface area contributed by atoms with E-state index < -0.39 is 7.92 Å². The summed E-state index contributed by atoms with van der Waals surface area (Å²) in [5.41, 5.74) is 1.54. The lowest BCUT2D eigenvalue weighted by Gasteiger charge is -2.22. The fraction of sp³-hybridized carbons (Fsp3) is 0.438. The molecular formula is C32H43P. The van der Waals surface area contributed by atoms with Crippen LogP contribution in [-0.4, -0.2) is 0 Å². The van der Waals surface area contributed by atoms with E-state index in [-0.39, 0.29) is 0 Å². The van der Waals surface area contributed by atoms with Gasteiger partial charge in [0.15, 0.2) is 0 Å². The van der Waals surface area contributed by atoms with Gasteiger partial charge in [-0.25, -0.2) is 0 Å². The first-order chi connectivity index (χ1) is 16.4. The standard InChI is InChI=1S/C32H43P/c1-2-3-4-5-6-7-8-9-10-11-12-15-22-29-23-20-21-28-32(29)33(30-24-16-13-17-25-30)31-26-18-14-19-27-31/h13-14,16-21,23-28H,2-12,15,22H2,1H3. The van der Waals surface area contributed by atoms with E-state index in [0.29, 0.717) is 0 Å². The maximum Gasteiger partial charge on any atom is -0.0119 e. The van der Waals surface area contributed by atoms with E-state index >= 15 is 0 Å². The Balaban J connectivity index is 1.49. The minimum Gasteiger partial charge on any atom is -0.0654 e. The van der Waals surface area contributed by atoms with Crippen LogP contribution >= 0.6 is 7.92 Å². The van der Waals surface area contributed by atoms with Crippen LogP contribution in [0.25, 0.3) is 0 Å². The average molecular weight is 459 g/mol. The van der Waals surface area contributed by atoms with Gasteiger partial charge in [0.25, 0.3) is 0 Å². The predicted octanol–water partition coefficient (Wildman–Crippen LogP) is 8.69. The van der Waals surface area contributed by atoms with E-state index in [0.717, 1.165) is 0 Å². The number of aryl methyl sites for hydroxylation is 1. The molecule has 1 heteroatoms. The van der Waals surface area contributed by atoms with Gasteiger partial charge in [-0.05, 0) is 42.2 Å². The van der Waals surface area contributed by atoms with Gasteiger partial charge in [0, 0.05) is 0 Å². The molecule has 0 bridgehead atoms. The molecule has 0 spiro atoms. The molecule has 176 valence electrons. The number of hydrogen-bond acceptors (Lipinski definition) is 0. The molecule has 33 heavy (non-hydrogen) atoms. The first-order valence-corrected chi connectivity index (χ1v) is 14.7. The van der Waals surface area contributed by atoms with Gasteiger partial charge >= 0.3 is 0 Å². The Morgan fingerprint density at radius 3 is 1.39 bits per heavy atom. The van der Waals surface area contributed by atoms with Gasteiger partial charge in [-0.3, -0.25) is 0 Å². The lowest BCUT2D eigenvalue weighted by atomic mass is 10.0. The van der Waals surface area contributed by atoms with Crippen LogP contribution in [0.15, 0.2) is 84.9 Å². The van der Waals surface area contributed by atoms with E-state index in [1.54, 1.807) is 5.56 Å². The summed E-state index contributed by atoms with van der Waals surface area (Å²) in [7, 11) is -0.507. The lowest BCUT2D eigenvalue weighted by Crippen LogP contribution is -2.23. The van der Waals surface area contributed by atoms with Gasteiger partial charge in [-0.2, -0.15) is 0 Å². The zero-order chi connectivity index (χ0) is 23.0. The third kappa shape index (κ3) is 9.10. The van der Waals surface area contributed by atoms with Crippen molar-refractivity contribution in [2.45, 2.75) is 90.4 Å². The smallest absolute Gasteiger partial charge is 0.0119 e. The van der Waals surface area contributed by atoms with E-state index in [1.165, 1.54) is 99.4 Å². The molecule has 0 heterocycles. The Morgan fingerprint density at radius 1 is 0.455 bits per heavy atom. The molecule has 0 atom stereocenters. The molecular weight excluding hydrogens is 415 g/mol. The summed E-state index contributed by atoms with van der Waals surface area (Å²) >= 11 is 0. The molecule has 0 saturated heterocycles. The summed E-state index contributed by atoms with van der Waals surface area (Å²) < 4.78 is 0. The van der Waals surface area contributed by atoms with Crippen LogP contribution in [0.1, 0.15) is 89.5 Å². The van der Waals surface area contributed by atoms with E-state index in [1.807, 2.05) is 0 Å². The van der Waals surface area contributed by atoms with Crippen LogP contribution < -0.4 is 15.9 Å². The molecule has 0 aliphatic heterocycles. The molecule has 0 unspecified atom stereocenters. The largest absolute Gasteiger partial charge is 0.0654 e. The first kappa shape index (κ1) is 25.7. The van der Waals surface area contributed by atoms with Crippen LogP contribution in [0.4, 0.5) is 0 Å². The van der Waals surface area contributed by atoms with Crippen molar-refractivity contribution in [3.8, 4) is 0 Å². The summed E-state index contributed by atoms with van der Waals surface area (Å²) in [5.74, 6) is 0. The Morgan fingerprint density at radius 2 is 0.879 bits per heavy atom. The molecule has 0 radical (unpaired) electrons. The second-order valence-corrected chi connectivity index (χ2v) is 11.5. The van der Waals surface area contributed by atoms with E-state index in [4.69, 9.17) is 0 Å². The topological polar surface area (TPSA) is 0 Å². The quantitative estimate of drug-likeness (QED) is 0.149. The first-order valence-electron chi connectivity index (χ1n) is 13.4. The third-order valence-corrected chi connectivity index (χ3v) is 9.11. The highest BCUT2D eigenvalue weighted by atomic mass is 31.1. The van der Waals surface area contributed by atoms with Crippen molar-refractivity contribution in [2.24, 2.45) is 0 Å². The fourth-order valence-corrected chi connectivity index (χ4v) is 7.18. The van der Waals surface area contributed by atoms with Gasteiger partial charge in [-0.1, -0.05) is 162 Å². The highest BCUT2D eigenvalue weighted by Crippen LogP contribution is 2.34. The van der Waals surface area contributed by atoms with Crippen molar-refractivity contribution in [1.82, 2.24) is 0 Å². The molecule has 0 aromatic heterocycles. The molecule has 3 rings (SSSR count). The van der Waals surface area contributed by atoms with Crippen molar-refractivity contribution in [3.05, 3.63) is 90.5 Å². The molecule has 0 amide bonds.